The zero-order valence-corrected chi connectivity index (χ0v) is 25.7. The zero-order chi connectivity index (χ0) is 30.2. The van der Waals surface area contributed by atoms with E-state index < -0.39 is 40.2 Å². The molecule has 220 valence electrons. The van der Waals surface area contributed by atoms with Crippen LogP contribution in [0.1, 0.15) is 30.9 Å². The van der Waals surface area contributed by atoms with Gasteiger partial charge < -0.3 is 10.2 Å². The molecule has 3 aromatic carbocycles. The van der Waals surface area contributed by atoms with Gasteiger partial charge >= 0.3 is 0 Å². The highest BCUT2D eigenvalue weighted by Gasteiger charge is 2.33. The molecule has 0 spiro atoms. The maximum atomic E-state index is 14.1. The summed E-state index contributed by atoms with van der Waals surface area (Å²) in [5, 5.41) is 3.15. The van der Waals surface area contributed by atoms with Gasteiger partial charge in [0, 0.05) is 35.1 Å². The van der Waals surface area contributed by atoms with Gasteiger partial charge in [-0.3, -0.25) is 13.9 Å². The normalized spacial score (nSPS) is 12.0. The fourth-order valence-corrected chi connectivity index (χ4v) is 5.70. The smallest absolute Gasteiger partial charge is 0.244 e. The summed E-state index contributed by atoms with van der Waals surface area (Å²) in [5.74, 6) is -1.84. The average Bonchev–Trinajstić information content (AvgIpc) is 2.92. The van der Waals surface area contributed by atoms with E-state index in [1.165, 1.54) is 11.0 Å². The molecule has 3 rings (SSSR count). The van der Waals surface area contributed by atoms with Gasteiger partial charge in [-0.25, -0.2) is 12.8 Å². The number of carbonyl (C=O) groups excluding carboxylic acids is 2. The molecule has 1 N–H and O–H groups in total. The molecule has 0 aliphatic heterocycles. The maximum Gasteiger partial charge on any atom is 0.244 e. The van der Waals surface area contributed by atoms with E-state index in [9.17, 15) is 22.4 Å². The Morgan fingerprint density at radius 1 is 0.951 bits per heavy atom. The Hall–Kier alpha value is -2.85. The van der Waals surface area contributed by atoms with Crippen molar-refractivity contribution in [2.24, 2.45) is 0 Å². The summed E-state index contributed by atoms with van der Waals surface area (Å²) in [6.07, 6.45) is 2.66. The predicted octanol–water partition coefficient (Wildman–Crippen LogP) is 6.11. The van der Waals surface area contributed by atoms with Crippen LogP contribution in [0, 0.1) is 5.82 Å². The van der Waals surface area contributed by atoms with E-state index in [0.29, 0.717) is 12.1 Å². The monoisotopic (exact) mass is 641 g/mol. The molecular weight excluding hydrogens is 612 g/mol. The van der Waals surface area contributed by atoms with Crippen LogP contribution in [0.3, 0.4) is 0 Å². The highest BCUT2D eigenvalue weighted by atomic mass is 35.5. The van der Waals surface area contributed by atoms with Gasteiger partial charge in [-0.2, -0.15) is 0 Å². The maximum absolute atomic E-state index is 14.1. The van der Waals surface area contributed by atoms with Crippen molar-refractivity contribution in [2.75, 3.05) is 23.7 Å². The van der Waals surface area contributed by atoms with Gasteiger partial charge in [-0.1, -0.05) is 84.5 Å². The van der Waals surface area contributed by atoms with Crippen molar-refractivity contribution in [3.63, 3.8) is 0 Å². The number of halogens is 4. The van der Waals surface area contributed by atoms with Crippen LogP contribution in [0.5, 0.6) is 0 Å². The summed E-state index contributed by atoms with van der Waals surface area (Å²) in [5.41, 5.74) is 1.19. The fraction of sp³-hybridized carbons (Fsp3) is 0.310. The summed E-state index contributed by atoms with van der Waals surface area (Å²) < 4.78 is 40.3. The molecule has 0 heterocycles. The lowest BCUT2D eigenvalue weighted by molar-refractivity contribution is -0.140. The number of amides is 2. The molecular formula is C29H31Cl3FN3O4S. The van der Waals surface area contributed by atoms with Gasteiger partial charge in [-0.15, -0.1) is 0 Å². The molecule has 7 nitrogen and oxygen atoms in total. The number of hydrogen-bond acceptors (Lipinski definition) is 4. The molecule has 0 aliphatic rings. The molecule has 0 aromatic heterocycles. The number of hydrogen-bond donors (Lipinski definition) is 1. The molecule has 0 aliphatic carbocycles. The van der Waals surface area contributed by atoms with Crippen molar-refractivity contribution in [3.8, 4) is 0 Å². The molecule has 1 atom stereocenters. The molecule has 0 bridgehead atoms. The number of benzene rings is 3. The highest BCUT2D eigenvalue weighted by molar-refractivity contribution is 7.92. The molecule has 0 saturated carbocycles. The minimum Gasteiger partial charge on any atom is -0.354 e. The van der Waals surface area contributed by atoms with E-state index >= 15 is 0 Å². The fourth-order valence-electron chi connectivity index (χ4n) is 4.17. The lowest BCUT2D eigenvalue weighted by Gasteiger charge is -2.34. The Labute approximate surface area is 255 Å². The van der Waals surface area contributed by atoms with Gasteiger partial charge in [-0.05, 0) is 42.3 Å². The number of unbranched alkanes of at least 4 members (excludes halogenated alkanes) is 1. The van der Waals surface area contributed by atoms with Gasteiger partial charge in [0.05, 0.1) is 17.0 Å². The molecule has 3 aromatic rings. The van der Waals surface area contributed by atoms with Crippen molar-refractivity contribution in [1.29, 1.82) is 0 Å². The quantitative estimate of drug-likeness (QED) is 0.228. The van der Waals surface area contributed by atoms with E-state index in [-0.39, 0.29) is 33.7 Å². The first-order valence-corrected chi connectivity index (χ1v) is 15.9. The molecule has 0 radical (unpaired) electrons. The van der Waals surface area contributed by atoms with Crippen LogP contribution in [0.25, 0.3) is 0 Å². The van der Waals surface area contributed by atoms with Crippen molar-refractivity contribution < 1.29 is 22.4 Å². The highest BCUT2D eigenvalue weighted by Crippen LogP contribution is 2.29. The van der Waals surface area contributed by atoms with Crippen molar-refractivity contribution >= 4 is 62.3 Å². The number of nitrogens with zero attached hydrogens (tertiary/aromatic N) is 2. The summed E-state index contributed by atoms with van der Waals surface area (Å²) in [6.45, 7) is 1.54. The third-order valence-electron chi connectivity index (χ3n) is 6.36. The minimum atomic E-state index is -4.04. The first-order chi connectivity index (χ1) is 19.4. The molecule has 0 fully saturated rings. The van der Waals surface area contributed by atoms with E-state index in [4.69, 9.17) is 34.8 Å². The molecule has 0 unspecified atom stereocenters. The van der Waals surface area contributed by atoms with E-state index in [0.717, 1.165) is 41.1 Å². The predicted molar refractivity (Wildman–Crippen MR) is 162 cm³/mol. The lowest BCUT2D eigenvalue weighted by Crippen LogP contribution is -2.53. The number of sulfonamides is 1. The first-order valence-electron chi connectivity index (χ1n) is 12.9. The second-order valence-corrected chi connectivity index (χ2v) is 12.6. The summed E-state index contributed by atoms with van der Waals surface area (Å²) in [6, 6.07) is 16.3. The van der Waals surface area contributed by atoms with Gasteiger partial charge in [0.2, 0.25) is 21.8 Å². The van der Waals surface area contributed by atoms with Crippen molar-refractivity contribution in [1.82, 2.24) is 10.2 Å². The molecule has 41 heavy (non-hydrogen) atoms. The van der Waals surface area contributed by atoms with E-state index in [1.54, 1.807) is 18.2 Å². The van der Waals surface area contributed by atoms with Crippen LogP contribution in [-0.2, 0) is 32.6 Å². The average molecular weight is 643 g/mol. The minimum absolute atomic E-state index is 0.00465. The van der Waals surface area contributed by atoms with Crippen LogP contribution in [0.2, 0.25) is 15.1 Å². The van der Waals surface area contributed by atoms with Crippen LogP contribution >= 0.6 is 34.8 Å². The molecule has 0 saturated heterocycles. The third-order valence-corrected chi connectivity index (χ3v) is 8.50. The number of anilines is 1. The van der Waals surface area contributed by atoms with Crippen molar-refractivity contribution in [3.05, 3.63) is 98.7 Å². The third kappa shape index (κ3) is 9.07. The lowest BCUT2D eigenvalue weighted by atomic mass is 10.0. The second-order valence-electron chi connectivity index (χ2n) is 9.44. The van der Waals surface area contributed by atoms with Gasteiger partial charge in [0.25, 0.3) is 0 Å². The standard InChI is InChI=1S/C29H31Cl3FN3O4S/c1-3-4-15-34-29(38)27(16-20-9-6-5-7-10-20)35(18-22-23(30)11-8-12-24(22)31)28(37)19-36(41(2,39)40)21-13-14-26(33)25(32)17-21/h5-14,17,27H,3-4,15-16,18-19H2,1-2H3,(H,34,38)/t27-/m1/s1. The Morgan fingerprint density at radius 3 is 2.20 bits per heavy atom. The Kier molecular flexibility index (Phi) is 11.8. The molecule has 2 amide bonds. The van der Waals surface area contributed by atoms with E-state index in [1.807, 2.05) is 37.3 Å². The van der Waals surface area contributed by atoms with E-state index in [2.05, 4.69) is 5.32 Å². The first kappa shape index (κ1) is 32.7. The molecule has 12 heteroatoms. The summed E-state index contributed by atoms with van der Waals surface area (Å²) in [4.78, 5) is 28.9. The van der Waals surface area contributed by atoms with Crippen LogP contribution in [0.15, 0.2) is 66.7 Å². The van der Waals surface area contributed by atoms with Gasteiger partial charge in [0.1, 0.15) is 18.4 Å². The SMILES string of the molecule is CCCCNC(=O)[C@@H](Cc1ccccc1)N(Cc1c(Cl)cccc1Cl)C(=O)CN(c1ccc(F)c(Cl)c1)S(C)(=O)=O. The number of nitrogens with one attached hydrogen (secondary N) is 1. The Bertz CT molecular complexity index is 1460. The topological polar surface area (TPSA) is 86.8 Å². The van der Waals surface area contributed by atoms with Crippen LogP contribution in [-0.4, -0.2) is 50.5 Å². The van der Waals surface area contributed by atoms with Crippen molar-refractivity contribution in [2.45, 2.75) is 38.8 Å². The van der Waals surface area contributed by atoms with Gasteiger partial charge in [0.15, 0.2) is 0 Å². The van der Waals surface area contributed by atoms with Crippen LogP contribution in [0.4, 0.5) is 10.1 Å². The number of carbonyl (C=O) groups is 2. The number of rotatable bonds is 13. The Morgan fingerprint density at radius 2 is 1.61 bits per heavy atom. The summed E-state index contributed by atoms with van der Waals surface area (Å²) in [7, 11) is -4.04. The largest absolute Gasteiger partial charge is 0.354 e. The zero-order valence-electron chi connectivity index (χ0n) is 22.6. The summed E-state index contributed by atoms with van der Waals surface area (Å²) >= 11 is 18.8. The Balaban J connectivity index is 2.09. The van der Waals surface area contributed by atoms with Crippen LogP contribution < -0.4 is 9.62 Å². The second kappa shape index (κ2) is 14.9.